The molecule has 1 saturated heterocycles. The Morgan fingerprint density at radius 1 is 1.10 bits per heavy atom. The molecule has 29 heavy (non-hydrogen) atoms. The van der Waals surface area contributed by atoms with Gasteiger partial charge in [-0.15, -0.1) is 0 Å². The zero-order valence-electron chi connectivity index (χ0n) is 15.0. The van der Waals surface area contributed by atoms with Gasteiger partial charge in [0.2, 0.25) is 0 Å². The summed E-state index contributed by atoms with van der Waals surface area (Å²) in [5.74, 6) is -1.58. The summed E-state index contributed by atoms with van der Waals surface area (Å²) in [6.45, 7) is 1.82. The van der Waals surface area contributed by atoms with Crippen molar-refractivity contribution in [3.8, 4) is 11.5 Å². The Labute approximate surface area is 191 Å². The van der Waals surface area contributed by atoms with E-state index in [1.165, 1.54) is 19.3 Å². The lowest BCUT2D eigenvalue weighted by Crippen LogP contribution is -2.54. The largest absolute Gasteiger partial charge is 0.503 e. The Kier molecular flexibility index (Phi) is 6.16. The Hall–Kier alpha value is -2.17. The maximum Gasteiger partial charge on any atom is 0.335 e. The van der Waals surface area contributed by atoms with Crippen molar-refractivity contribution in [3.05, 3.63) is 54.4 Å². The predicted molar refractivity (Wildman–Crippen MR) is 118 cm³/mol. The van der Waals surface area contributed by atoms with Crippen molar-refractivity contribution in [2.24, 2.45) is 0 Å². The molecular weight excluding hydrogens is 576 g/mol. The average Bonchev–Trinajstić information content (AvgIpc) is 2.67. The summed E-state index contributed by atoms with van der Waals surface area (Å²) in [6.07, 6.45) is 1.32. The molecule has 7 nitrogen and oxygen atoms in total. The number of hydrogen-bond acceptors (Lipinski definition) is 5. The summed E-state index contributed by atoms with van der Waals surface area (Å²) in [4.78, 5) is 38.6. The number of urea groups is 1. The van der Waals surface area contributed by atoms with Gasteiger partial charge in [-0.05, 0) is 80.3 Å². The van der Waals surface area contributed by atoms with Crippen LogP contribution in [0.25, 0.3) is 6.08 Å². The molecule has 0 aromatic heterocycles. The zero-order chi connectivity index (χ0) is 21.5. The van der Waals surface area contributed by atoms with E-state index in [1.54, 1.807) is 18.2 Å². The van der Waals surface area contributed by atoms with Crippen LogP contribution in [0.15, 0.2) is 43.3 Å². The number of nitrogens with one attached hydrogen (secondary N) is 1. The van der Waals surface area contributed by atoms with Gasteiger partial charge in [-0.3, -0.25) is 14.9 Å². The molecule has 0 spiro atoms. The highest BCUT2D eigenvalue weighted by molar-refractivity contribution is 9.13. The topological polar surface area (TPSA) is 95.9 Å². The summed E-state index contributed by atoms with van der Waals surface area (Å²) in [7, 11) is 1.38. The van der Waals surface area contributed by atoms with Crippen LogP contribution in [-0.4, -0.2) is 30.1 Å². The first-order chi connectivity index (χ1) is 13.6. The van der Waals surface area contributed by atoms with Gasteiger partial charge < -0.3 is 9.84 Å². The lowest BCUT2D eigenvalue weighted by atomic mass is 10.1. The number of barbiturate groups is 1. The van der Waals surface area contributed by atoms with Crippen LogP contribution >= 0.6 is 47.8 Å². The van der Waals surface area contributed by atoms with Gasteiger partial charge in [0, 0.05) is 8.95 Å². The predicted octanol–water partition coefficient (Wildman–Crippen LogP) is 4.66. The van der Waals surface area contributed by atoms with Crippen LogP contribution in [0, 0.1) is 6.92 Å². The van der Waals surface area contributed by atoms with Gasteiger partial charge in [-0.2, -0.15) is 0 Å². The second-order valence-corrected chi connectivity index (χ2v) is 8.48. The van der Waals surface area contributed by atoms with E-state index < -0.39 is 17.8 Å². The third-order valence-electron chi connectivity index (χ3n) is 4.20. The number of hydrogen-bond donors (Lipinski definition) is 2. The molecule has 2 N–H and O–H groups in total. The Balaban J connectivity index is 2.11. The van der Waals surface area contributed by atoms with Gasteiger partial charge in [0.1, 0.15) is 5.57 Å². The molecule has 10 heteroatoms. The maximum atomic E-state index is 13.0. The number of phenols is 1. The van der Waals surface area contributed by atoms with E-state index in [4.69, 9.17) is 4.74 Å². The van der Waals surface area contributed by atoms with Crippen molar-refractivity contribution in [2.75, 3.05) is 12.0 Å². The molecule has 1 heterocycles. The second-order valence-electron chi connectivity index (χ2n) is 6.04. The molecular formula is C19H13Br3N2O5. The Morgan fingerprint density at radius 2 is 1.79 bits per heavy atom. The number of aromatic hydroxyl groups is 1. The molecule has 150 valence electrons. The summed E-state index contributed by atoms with van der Waals surface area (Å²) >= 11 is 9.92. The molecule has 4 amide bonds. The van der Waals surface area contributed by atoms with E-state index >= 15 is 0 Å². The third-order valence-corrected chi connectivity index (χ3v) is 7.24. The van der Waals surface area contributed by atoms with Crippen molar-refractivity contribution in [3.63, 3.8) is 0 Å². The van der Waals surface area contributed by atoms with Crippen LogP contribution in [0.1, 0.15) is 11.1 Å². The van der Waals surface area contributed by atoms with E-state index in [1.807, 2.05) is 6.92 Å². The number of rotatable bonds is 3. The van der Waals surface area contributed by atoms with E-state index in [0.717, 1.165) is 14.9 Å². The first-order valence-electron chi connectivity index (χ1n) is 8.08. The van der Waals surface area contributed by atoms with Crippen molar-refractivity contribution >= 4 is 77.4 Å². The Bertz CT molecular complexity index is 1100. The average molecular weight is 589 g/mol. The highest BCUT2D eigenvalue weighted by atomic mass is 79.9. The highest BCUT2D eigenvalue weighted by Gasteiger charge is 2.37. The van der Waals surface area contributed by atoms with E-state index in [-0.39, 0.29) is 17.1 Å². The molecule has 2 aromatic carbocycles. The first-order valence-corrected chi connectivity index (χ1v) is 10.5. The number of aryl methyl sites for hydroxylation is 1. The fraction of sp³-hybridized carbons (Fsp3) is 0.105. The van der Waals surface area contributed by atoms with Crippen molar-refractivity contribution in [1.29, 1.82) is 0 Å². The molecule has 0 radical (unpaired) electrons. The molecule has 0 bridgehead atoms. The monoisotopic (exact) mass is 586 g/mol. The summed E-state index contributed by atoms with van der Waals surface area (Å²) in [5, 5.41) is 12.2. The van der Waals surface area contributed by atoms with Gasteiger partial charge >= 0.3 is 6.03 Å². The number of carbonyl (C=O) groups excluding carboxylic acids is 3. The minimum atomic E-state index is -0.831. The van der Waals surface area contributed by atoms with Crippen LogP contribution < -0.4 is 15.0 Å². The minimum absolute atomic E-state index is 0.136. The molecule has 3 rings (SSSR count). The zero-order valence-corrected chi connectivity index (χ0v) is 19.8. The fourth-order valence-corrected chi connectivity index (χ4v) is 3.78. The van der Waals surface area contributed by atoms with Crippen LogP contribution in [0.3, 0.4) is 0 Å². The van der Waals surface area contributed by atoms with Gasteiger partial charge in [-0.1, -0.05) is 15.9 Å². The summed E-state index contributed by atoms with van der Waals surface area (Å²) in [5.41, 5.74) is 1.30. The smallest absolute Gasteiger partial charge is 0.335 e. The van der Waals surface area contributed by atoms with Gasteiger partial charge in [0.05, 0.1) is 17.3 Å². The molecule has 2 aromatic rings. The molecule has 0 saturated carbocycles. The van der Waals surface area contributed by atoms with Crippen molar-refractivity contribution < 1.29 is 24.2 Å². The van der Waals surface area contributed by atoms with Crippen LogP contribution in [-0.2, 0) is 9.59 Å². The minimum Gasteiger partial charge on any atom is -0.503 e. The second kappa shape index (κ2) is 8.29. The van der Waals surface area contributed by atoms with Crippen molar-refractivity contribution in [2.45, 2.75) is 6.92 Å². The van der Waals surface area contributed by atoms with Crippen LogP contribution in [0.2, 0.25) is 0 Å². The first kappa shape index (κ1) is 21.5. The van der Waals surface area contributed by atoms with Gasteiger partial charge in [-0.25, -0.2) is 9.69 Å². The van der Waals surface area contributed by atoms with Crippen LogP contribution in [0.5, 0.6) is 11.5 Å². The standard InChI is InChI=1S/C19H13Br3N2O5/c1-8-5-10(3-4-12(8)20)24-18(27)11(17(26)23-19(24)28)6-9-7-13(29-2)16(25)15(22)14(9)21/h3-7,25H,1-2H3,(H,23,26,28). The third kappa shape index (κ3) is 3.96. The number of carbonyl (C=O) groups is 3. The van der Waals surface area contributed by atoms with Crippen molar-refractivity contribution in [1.82, 2.24) is 5.32 Å². The quantitative estimate of drug-likeness (QED) is 0.402. The summed E-state index contributed by atoms with van der Waals surface area (Å²) < 4.78 is 6.64. The lowest BCUT2D eigenvalue weighted by molar-refractivity contribution is -0.122. The molecule has 0 aliphatic carbocycles. The van der Waals surface area contributed by atoms with E-state index in [9.17, 15) is 19.5 Å². The number of benzene rings is 2. The number of halogens is 3. The maximum absolute atomic E-state index is 13.0. The number of phenolic OH excluding ortho intramolecular Hbond substituents is 1. The number of imide groups is 2. The number of anilines is 1. The highest BCUT2D eigenvalue weighted by Crippen LogP contribution is 2.42. The lowest BCUT2D eigenvalue weighted by Gasteiger charge is -2.27. The number of nitrogens with zero attached hydrogens (tertiary/aromatic N) is 1. The number of methoxy groups -OCH3 is 1. The molecule has 0 unspecified atom stereocenters. The van der Waals surface area contributed by atoms with Gasteiger partial charge in [0.25, 0.3) is 11.8 Å². The number of ether oxygens (including phenoxy) is 1. The van der Waals surface area contributed by atoms with Crippen LogP contribution in [0.4, 0.5) is 10.5 Å². The SMILES string of the molecule is COc1cc(C=C2C(=O)NC(=O)N(c3ccc(Br)c(C)c3)C2=O)c(Br)c(Br)c1O. The fourth-order valence-electron chi connectivity index (χ4n) is 2.69. The molecule has 1 aliphatic rings. The summed E-state index contributed by atoms with van der Waals surface area (Å²) in [6, 6.07) is 5.59. The van der Waals surface area contributed by atoms with E-state index in [2.05, 4.69) is 53.1 Å². The molecule has 1 fully saturated rings. The number of amides is 4. The van der Waals surface area contributed by atoms with E-state index in [0.29, 0.717) is 20.2 Å². The molecule has 1 aliphatic heterocycles. The Morgan fingerprint density at radius 3 is 2.41 bits per heavy atom. The van der Waals surface area contributed by atoms with Gasteiger partial charge in [0.15, 0.2) is 11.5 Å². The molecule has 0 atom stereocenters. The normalized spacial score (nSPS) is 15.7.